The molecule has 0 aliphatic rings. The SMILES string of the molecule is CCOC(=O)OCCCCOP(=O)(N=C(N)[N+](C)(OC(C)=O)C(C)C)OCCCCOC(=O)OCC. The van der Waals surface area contributed by atoms with E-state index in [1.165, 1.54) is 14.0 Å². The summed E-state index contributed by atoms with van der Waals surface area (Å²) in [6.45, 7) is 8.55. The molecule has 0 heterocycles. The number of quaternary nitrogens is 1. The molecule has 15 heteroatoms. The number of rotatable bonds is 16. The van der Waals surface area contributed by atoms with Crippen LogP contribution in [0, 0.1) is 0 Å². The number of unbranched alkanes of at least 4 members (excludes halogenated alkanes) is 2. The van der Waals surface area contributed by atoms with Crippen LogP contribution in [0.3, 0.4) is 0 Å². The van der Waals surface area contributed by atoms with Gasteiger partial charge in [-0.25, -0.2) is 18.9 Å². The molecule has 0 bridgehead atoms. The number of hydrogen-bond donors (Lipinski definition) is 1. The normalized spacial score (nSPS) is 13.6. The van der Waals surface area contributed by atoms with E-state index in [0.29, 0.717) is 25.7 Å². The summed E-state index contributed by atoms with van der Waals surface area (Å²) in [5.41, 5.74) is 6.08. The van der Waals surface area contributed by atoms with E-state index >= 15 is 0 Å². The van der Waals surface area contributed by atoms with Gasteiger partial charge in [0.2, 0.25) is 0 Å². The van der Waals surface area contributed by atoms with Crippen LogP contribution in [-0.4, -0.2) is 81.6 Å². The van der Waals surface area contributed by atoms with Gasteiger partial charge >= 0.3 is 32.0 Å². The second kappa shape index (κ2) is 17.9. The summed E-state index contributed by atoms with van der Waals surface area (Å²) in [5.74, 6) is -0.885. The monoisotopic (exact) mass is 542 g/mol. The fraction of sp³-hybridized carbons (Fsp3) is 0.810. The van der Waals surface area contributed by atoms with E-state index in [1.807, 2.05) is 0 Å². The molecule has 0 aromatic rings. The van der Waals surface area contributed by atoms with Gasteiger partial charge in [0, 0.05) is 6.92 Å². The third-order valence-corrected chi connectivity index (χ3v) is 6.00. The van der Waals surface area contributed by atoms with Gasteiger partial charge in [0.1, 0.15) is 13.1 Å². The van der Waals surface area contributed by atoms with Gasteiger partial charge < -0.3 is 24.7 Å². The molecule has 0 aromatic carbocycles. The zero-order valence-corrected chi connectivity index (χ0v) is 23.0. The molecule has 0 amide bonds. The van der Waals surface area contributed by atoms with Crippen LogP contribution in [0.4, 0.5) is 9.59 Å². The fourth-order valence-electron chi connectivity index (χ4n) is 2.39. The molecule has 2 N–H and O–H groups in total. The second-order valence-corrected chi connectivity index (χ2v) is 9.39. The van der Waals surface area contributed by atoms with Crippen molar-refractivity contribution in [3.8, 4) is 0 Å². The second-order valence-electron chi connectivity index (χ2n) is 7.74. The van der Waals surface area contributed by atoms with Crippen molar-refractivity contribution in [2.45, 2.75) is 66.3 Å². The number of hydrogen-bond acceptors (Lipinski definition) is 11. The number of guanidine groups is 1. The largest absolute Gasteiger partial charge is 0.508 e. The maximum absolute atomic E-state index is 13.4. The van der Waals surface area contributed by atoms with Crippen LogP contribution < -0.4 is 5.73 Å². The van der Waals surface area contributed by atoms with E-state index in [2.05, 4.69) is 14.2 Å². The van der Waals surface area contributed by atoms with Crippen LogP contribution in [0.25, 0.3) is 0 Å². The first-order valence-corrected chi connectivity index (χ1v) is 13.3. The highest BCUT2D eigenvalue weighted by Gasteiger charge is 2.40. The Morgan fingerprint density at radius 3 is 1.61 bits per heavy atom. The summed E-state index contributed by atoms with van der Waals surface area (Å²) >= 11 is 0. The molecule has 0 spiro atoms. The minimum absolute atomic E-state index is 0.0365. The number of nitrogens with two attached hydrogens (primary N) is 1. The van der Waals surface area contributed by atoms with Crippen molar-refractivity contribution in [2.75, 3.05) is 46.7 Å². The topological polar surface area (TPSA) is 171 Å². The van der Waals surface area contributed by atoms with Crippen molar-refractivity contribution in [1.29, 1.82) is 0 Å². The lowest BCUT2D eigenvalue weighted by molar-refractivity contribution is -1.02. The van der Waals surface area contributed by atoms with Crippen molar-refractivity contribution < 1.29 is 56.4 Å². The Hall–Kier alpha value is -2.41. The van der Waals surface area contributed by atoms with Crippen molar-refractivity contribution in [2.24, 2.45) is 10.5 Å². The summed E-state index contributed by atoms with van der Waals surface area (Å²) in [6, 6.07) is -0.355. The Balaban J connectivity index is 5.12. The molecule has 1 unspecified atom stereocenters. The lowest BCUT2D eigenvalue weighted by atomic mass is 10.3. The average molecular weight is 543 g/mol. The van der Waals surface area contributed by atoms with Gasteiger partial charge in [0.15, 0.2) is 0 Å². The lowest BCUT2D eigenvalue weighted by Crippen LogP contribution is -2.58. The van der Waals surface area contributed by atoms with E-state index in [9.17, 15) is 18.9 Å². The van der Waals surface area contributed by atoms with Crippen molar-refractivity contribution in [1.82, 2.24) is 0 Å². The van der Waals surface area contributed by atoms with Crippen LogP contribution >= 0.6 is 7.75 Å². The van der Waals surface area contributed by atoms with Gasteiger partial charge in [0.05, 0.1) is 39.6 Å². The van der Waals surface area contributed by atoms with E-state index < -0.39 is 30.7 Å². The van der Waals surface area contributed by atoms with E-state index in [4.69, 9.17) is 29.1 Å². The summed E-state index contributed by atoms with van der Waals surface area (Å²) in [6.07, 6.45) is 0.0271. The Morgan fingerprint density at radius 1 is 0.833 bits per heavy atom. The number of ether oxygens (including phenoxy) is 4. The first kappa shape index (κ1) is 33.6. The number of carbonyl (C=O) groups excluding carboxylic acids is 3. The van der Waals surface area contributed by atoms with Gasteiger partial charge in [-0.2, -0.15) is 0 Å². The van der Waals surface area contributed by atoms with Crippen molar-refractivity contribution >= 4 is 32.0 Å². The molecule has 36 heavy (non-hydrogen) atoms. The van der Waals surface area contributed by atoms with Gasteiger partial charge in [-0.1, -0.05) is 4.65 Å². The summed E-state index contributed by atoms with van der Waals surface area (Å²) < 4.78 is 46.7. The average Bonchev–Trinajstić information content (AvgIpc) is 2.78. The molecule has 0 saturated carbocycles. The molecule has 0 rings (SSSR count). The molecule has 0 saturated heterocycles. The summed E-state index contributed by atoms with van der Waals surface area (Å²) in [4.78, 5) is 39.3. The van der Waals surface area contributed by atoms with E-state index in [0.717, 1.165) is 0 Å². The number of hydroxylamine groups is 3. The maximum atomic E-state index is 13.4. The quantitative estimate of drug-likeness (QED) is 0.0571. The van der Waals surface area contributed by atoms with Crippen molar-refractivity contribution in [3.05, 3.63) is 0 Å². The predicted octanol–water partition coefficient (Wildman–Crippen LogP) is 3.68. The van der Waals surface area contributed by atoms with Gasteiger partial charge in [-0.05, 0) is 53.4 Å². The number of carbonyl (C=O) groups is 3. The molecule has 0 aromatic heterocycles. The van der Waals surface area contributed by atoms with Crippen LogP contribution in [-0.2, 0) is 42.2 Å². The van der Waals surface area contributed by atoms with Crippen molar-refractivity contribution in [3.63, 3.8) is 0 Å². The van der Waals surface area contributed by atoms with E-state index in [-0.39, 0.29) is 51.6 Å². The third kappa shape index (κ3) is 14.2. The molecular weight excluding hydrogens is 501 g/mol. The Bertz CT molecular complexity index is 729. The highest BCUT2D eigenvalue weighted by molar-refractivity contribution is 7.52. The highest BCUT2D eigenvalue weighted by Crippen LogP contribution is 2.50. The molecule has 14 nitrogen and oxygen atoms in total. The predicted molar refractivity (Wildman–Crippen MR) is 129 cm³/mol. The third-order valence-electron chi connectivity index (χ3n) is 4.53. The highest BCUT2D eigenvalue weighted by atomic mass is 31.2. The minimum atomic E-state index is -4.12. The Kier molecular flexibility index (Phi) is 16.7. The molecule has 0 aliphatic carbocycles. The molecule has 0 radical (unpaired) electrons. The molecule has 0 aliphatic heterocycles. The maximum Gasteiger partial charge on any atom is 0.508 e. The van der Waals surface area contributed by atoms with Crippen LogP contribution in [0.2, 0.25) is 0 Å². The van der Waals surface area contributed by atoms with Gasteiger partial charge in [-0.3, -0.25) is 13.9 Å². The van der Waals surface area contributed by atoms with Gasteiger partial charge in [0.25, 0.3) is 0 Å². The smallest absolute Gasteiger partial charge is 0.435 e. The van der Waals surface area contributed by atoms with E-state index in [1.54, 1.807) is 27.7 Å². The zero-order chi connectivity index (χ0) is 27.6. The number of nitrogens with zero attached hydrogens (tertiary/aromatic N) is 2. The molecule has 0 fully saturated rings. The lowest BCUT2D eigenvalue weighted by Gasteiger charge is -2.32. The summed E-state index contributed by atoms with van der Waals surface area (Å²) in [5, 5.41) is 0. The zero-order valence-electron chi connectivity index (χ0n) is 22.1. The first-order valence-electron chi connectivity index (χ1n) is 11.8. The molecule has 210 valence electrons. The summed E-state index contributed by atoms with van der Waals surface area (Å²) in [7, 11) is -2.63. The molecular formula is C21H41N3O11P+. The fourth-order valence-corrected chi connectivity index (χ4v) is 3.73. The minimum Gasteiger partial charge on any atom is -0.435 e. The molecule has 1 atom stereocenters. The van der Waals surface area contributed by atoms with Crippen LogP contribution in [0.15, 0.2) is 4.76 Å². The Morgan fingerprint density at radius 2 is 1.25 bits per heavy atom. The van der Waals surface area contributed by atoms with Gasteiger partial charge in [-0.15, -0.1) is 4.76 Å². The first-order chi connectivity index (χ1) is 16.9. The van der Waals surface area contributed by atoms with Crippen LogP contribution in [0.1, 0.15) is 60.3 Å². The van der Waals surface area contributed by atoms with Crippen LogP contribution in [0.5, 0.6) is 0 Å². The standard InChI is InChI=1S/C21H41N3O11P/c1-7-29-20(26)31-13-9-11-15-33-36(28,34-16-12-10-14-32-21(27)30-8-2)23-19(22)24(6,17(3)4)35-18(5)25/h17H,7-16H2,1-6H3,(H2,22,23,28)/q+1. The Labute approximate surface area is 212 Å².